The fourth-order valence-electron chi connectivity index (χ4n) is 3.44. The Morgan fingerprint density at radius 3 is 1.97 bits per heavy atom. The zero-order chi connectivity index (χ0) is 26.0. The van der Waals surface area contributed by atoms with Crippen molar-refractivity contribution < 1.29 is 21.6 Å². The van der Waals surface area contributed by atoms with Crippen LogP contribution in [-0.4, -0.2) is 35.5 Å². The molecule has 0 aliphatic heterocycles. The van der Waals surface area contributed by atoms with E-state index < -0.39 is 32.5 Å². The summed E-state index contributed by atoms with van der Waals surface area (Å²) in [6.45, 7) is 7.04. The van der Waals surface area contributed by atoms with Crippen LogP contribution in [-0.2, 0) is 24.8 Å². The molecule has 3 rings (SSSR count). The first-order valence-electron chi connectivity index (χ1n) is 10.8. The number of sulfonamides is 2. The molecule has 186 valence electrons. The molecule has 35 heavy (non-hydrogen) atoms. The molecule has 0 saturated carbocycles. The number of hydrogen-bond acceptors (Lipinski definition) is 5. The van der Waals surface area contributed by atoms with Gasteiger partial charge >= 0.3 is 0 Å². The van der Waals surface area contributed by atoms with Gasteiger partial charge in [0, 0.05) is 11.4 Å². The van der Waals surface area contributed by atoms with E-state index >= 15 is 0 Å². The third kappa shape index (κ3) is 6.61. The maximum atomic E-state index is 12.7. The second-order valence-corrected chi connectivity index (χ2v) is 12.1. The van der Waals surface area contributed by atoms with Crippen LogP contribution in [0.3, 0.4) is 0 Å². The topological polar surface area (TPSA) is 113 Å². The molecule has 0 fully saturated rings. The van der Waals surface area contributed by atoms with E-state index in [0.29, 0.717) is 17.1 Å². The summed E-state index contributed by atoms with van der Waals surface area (Å²) in [5, 5.41) is 2.63. The van der Waals surface area contributed by atoms with Crippen LogP contribution in [0, 0.1) is 27.7 Å². The molecule has 0 radical (unpaired) electrons. The Morgan fingerprint density at radius 2 is 1.37 bits per heavy atom. The van der Waals surface area contributed by atoms with Gasteiger partial charge in [0.15, 0.2) is 0 Å². The highest BCUT2D eigenvalue weighted by molar-refractivity contribution is 7.92. The van der Waals surface area contributed by atoms with Crippen molar-refractivity contribution in [3.8, 4) is 0 Å². The Balaban J connectivity index is 1.74. The first-order chi connectivity index (χ1) is 16.3. The fraction of sp³-hybridized carbons (Fsp3) is 0.240. The standard InChI is InChI=1S/C25H29N3O5S2/c1-17-6-7-19(3)24(14-17)28(34(5,30)31)16-25(29)26-21-10-12-23(13-11-21)35(32,33)27-22-9-8-18(2)20(4)15-22/h6-15,27H,16H2,1-5H3,(H,26,29). The normalized spacial score (nSPS) is 11.7. The lowest BCUT2D eigenvalue weighted by atomic mass is 10.1. The lowest BCUT2D eigenvalue weighted by Crippen LogP contribution is -2.37. The molecule has 0 aliphatic carbocycles. The Bertz CT molecular complexity index is 1470. The highest BCUT2D eigenvalue weighted by atomic mass is 32.2. The Labute approximate surface area is 207 Å². The van der Waals surface area contributed by atoms with Crippen LogP contribution < -0.4 is 14.3 Å². The Morgan fingerprint density at radius 1 is 0.771 bits per heavy atom. The summed E-state index contributed by atoms with van der Waals surface area (Å²) in [5.74, 6) is -0.555. The summed E-state index contributed by atoms with van der Waals surface area (Å²) in [7, 11) is -7.54. The summed E-state index contributed by atoms with van der Waals surface area (Å²) in [6.07, 6.45) is 1.05. The maximum absolute atomic E-state index is 12.7. The number of nitrogens with one attached hydrogen (secondary N) is 2. The number of anilines is 3. The fourth-order valence-corrected chi connectivity index (χ4v) is 5.39. The van der Waals surface area contributed by atoms with Crippen molar-refractivity contribution in [3.63, 3.8) is 0 Å². The largest absolute Gasteiger partial charge is 0.325 e. The summed E-state index contributed by atoms with van der Waals surface area (Å²) in [6, 6.07) is 16.3. The first-order valence-corrected chi connectivity index (χ1v) is 14.1. The van der Waals surface area contributed by atoms with Crippen LogP contribution in [0.1, 0.15) is 22.3 Å². The van der Waals surface area contributed by atoms with Crippen LogP contribution in [0.25, 0.3) is 0 Å². The van der Waals surface area contributed by atoms with E-state index in [0.717, 1.165) is 32.8 Å². The van der Waals surface area contributed by atoms with E-state index in [1.807, 2.05) is 32.9 Å². The lowest BCUT2D eigenvalue weighted by Gasteiger charge is -2.24. The van der Waals surface area contributed by atoms with Crippen LogP contribution in [0.2, 0.25) is 0 Å². The van der Waals surface area contributed by atoms with Gasteiger partial charge in [-0.25, -0.2) is 16.8 Å². The Kier molecular flexibility index (Phi) is 7.56. The minimum atomic E-state index is -3.82. The van der Waals surface area contributed by atoms with Crippen LogP contribution in [0.4, 0.5) is 17.1 Å². The van der Waals surface area contributed by atoms with Gasteiger partial charge in [0.2, 0.25) is 15.9 Å². The van der Waals surface area contributed by atoms with Crippen molar-refractivity contribution >= 4 is 43.0 Å². The molecule has 8 nitrogen and oxygen atoms in total. The number of carbonyl (C=O) groups excluding carboxylic acids is 1. The average Bonchev–Trinajstić information content (AvgIpc) is 2.76. The zero-order valence-corrected chi connectivity index (χ0v) is 21.9. The molecule has 0 saturated heterocycles. The summed E-state index contributed by atoms with van der Waals surface area (Å²) >= 11 is 0. The van der Waals surface area contributed by atoms with Gasteiger partial charge in [0.25, 0.3) is 10.0 Å². The van der Waals surface area contributed by atoms with Gasteiger partial charge in [-0.05, 0) is 92.4 Å². The third-order valence-electron chi connectivity index (χ3n) is 5.53. The second-order valence-electron chi connectivity index (χ2n) is 8.54. The van der Waals surface area contributed by atoms with E-state index in [2.05, 4.69) is 10.0 Å². The highest BCUT2D eigenvalue weighted by Crippen LogP contribution is 2.24. The van der Waals surface area contributed by atoms with Crippen molar-refractivity contribution in [2.45, 2.75) is 32.6 Å². The lowest BCUT2D eigenvalue weighted by molar-refractivity contribution is -0.114. The van der Waals surface area contributed by atoms with E-state index in [1.165, 1.54) is 24.3 Å². The molecular formula is C25H29N3O5S2. The number of nitrogens with zero attached hydrogens (tertiary/aromatic N) is 1. The molecule has 0 aliphatic rings. The smallest absolute Gasteiger partial charge is 0.261 e. The number of benzene rings is 3. The predicted octanol–water partition coefficient (Wildman–Crippen LogP) is 4.13. The molecule has 0 atom stereocenters. The monoisotopic (exact) mass is 515 g/mol. The number of amides is 1. The molecule has 2 N–H and O–H groups in total. The van der Waals surface area contributed by atoms with Crippen molar-refractivity contribution in [3.05, 3.63) is 82.9 Å². The quantitative estimate of drug-likeness (QED) is 0.469. The van der Waals surface area contributed by atoms with Gasteiger partial charge < -0.3 is 5.32 Å². The SMILES string of the molecule is Cc1ccc(C)c(N(CC(=O)Nc2ccc(S(=O)(=O)Nc3ccc(C)c(C)c3)cc2)S(C)(=O)=O)c1. The van der Waals surface area contributed by atoms with Crippen LogP contribution in [0.15, 0.2) is 65.6 Å². The van der Waals surface area contributed by atoms with Crippen molar-refractivity contribution in [2.24, 2.45) is 0 Å². The molecule has 3 aromatic carbocycles. The van der Waals surface area contributed by atoms with Crippen LogP contribution in [0.5, 0.6) is 0 Å². The van der Waals surface area contributed by atoms with Crippen molar-refractivity contribution in [2.75, 3.05) is 27.1 Å². The molecular weight excluding hydrogens is 486 g/mol. The molecule has 3 aromatic rings. The number of rotatable bonds is 8. The minimum Gasteiger partial charge on any atom is -0.325 e. The number of aryl methyl sites for hydroxylation is 4. The highest BCUT2D eigenvalue weighted by Gasteiger charge is 2.23. The van der Waals surface area contributed by atoms with E-state index in [1.54, 1.807) is 31.2 Å². The number of carbonyl (C=O) groups is 1. The van der Waals surface area contributed by atoms with Gasteiger partial charge in [-0.15, -0.1) is 0 Å². The van der Waals surface area contributed by atoms with Crippen molar-refractivity contribution in [1.82, 2.24) is 0 Å². The molecule has 0 heterocycles. The van der Waals surface area contributed by atoms with Gasteiger partial charge in [-0.3, -0.25) is 13.8 Å². The third-order valence-corrected chi connectivity index (χ3v) is 8.05. The number of hydrogen-bond donors (Lipinski definition) is 2. The van der Waals surface area contributed by atoms with Gasteiger partial charge in [0.1, 0.15) is 6.54 Å². The van der Waals surface area contributed by atoms with Gasteiger partial charge in [0.05, 0.1) is 16.8 Å². The van der Waals surface area contributed by atoms with E-state index in [9.17, 15) is 21.6 Å². The predicted molar refractivity (Wildman–Crippen MR) is 140 cm³/mol. The van der Waals surface area contributed by atoms with Crippen molar-refractivity contribution in [1.29, 1.82) is 0 Å². The molecule has 10 heteroatoms. The first kappa shape index (κ1) is 26.2. The minimum absolute atomic E-state index is 0.0295. The summed E-state index contributed by atoms with van der Waals surface area (Å²) in [4.78, 5) is 12.7. The molecule has 1 amide bonds. The molecule has 0 spiro atoms. The Hall–Kier alpha value is -3.37. The second kappa shape index (κ2) is 10.1. The molecule has 0 aromatic heterocycles. The van der Waals surface area contributed by atoms with Crippen LogP contribution >= 0.6 is 0 Å². The van der Waals surface area contributed by atoms with Gasteiger partial charge in [-0.2, -0.15) is 0 Å². The van der Waals surface area contributed by atoms with Gasteiger partial charge in [-0.1, -0.05) is 18.2 Å². The summed E-state index contributed by atoms with van der Waals surface area (Å²) < 4.78 is 53.9. The zero-order valence-electron chi connectivity index (χ0n) is 20.3. The average molecular weight is 516 g/mol. The maximum Gasteiger partial charge on any atom is 0.261 e. The molecule has 0 unspecified atom stereocenters. The molecule has 0 bridgehead atoms. The van der Waals surface area contributed by atoms with E-state index in [4.69, 9.17) is 0 Å². The summed E-state index contributed by atoms with van der Waals surface area (Å²) in [5.41, 5.74) is 4.84. The van der Waals surface area contributed by atoms with E-state index in [-0.39, 0.29) is 4.90 Å².